The third-order valence-electron chi connectivity index (χ3n) is 3.19. The lowest BCUT2D eigenvalue weighted by Crippen LogP contribution is -2.35. The molecule has 19 heavy (non-hydrogen) atoms. The molecule has 2 N–H and O–H groups in total. The quantitative estimate of drug-likeness (QED) is 0.759. The van der Waals surface area contributed by atoms with E-state index in [0.717, 1.165) is 13.1 Å². The first kappa shape index (κ1) is 16.2. The summed E-state index contributed by atoms with van der Waals surface area (Å²) in [5.41, 5.74) is 1.34. The molecule has 0 radical (unpaired) electrons. The number of hydrogen-bond acceptors (Lipinski definition) is 3. The minimum atomic E-state index is -0.423. The van der Waals surface area contributed by atoms with Crippen molar-refractivity contribution in [2.75, 3.05) is 13.2 Å². The molecule has 2 unspecified atom stereocenters. The molecule has 0 amide bonds. The molecule has 0 aliphatic carbocycles. The monoisotopic (exact) mass is 265 g/mol. The van der Waals surface area contributed by atoms with Gasteiger partial charge in [-0.15, -0.1) is 0 Å². The molecule has 1 aromatic rings. The molecule has 0 saturated heterocycles. The Morgan fingerprint density at radius 2 is 1.84 bits per heavy atom. The van der Waals surface area contributed by atoms with E-state index in [2.05, 4.69) is 43.4 Å². The number of rotatable bonds is 8. The summed E-state index contributed by atoms with van der Waals surface area (Å²) in [5.74, 6) is 0. The zero-order chi connectivity index (χ0) is 14.3. The van der Waals surface area contributed by atoms with E-state index in [1.807, 2.05) is 13.0 Å². The molecule has 1 aromatic carbocycles. The predicted octanol–water partition coefficient (Wildman–Crippen LogP) is 2.59. The van der Waals surface area contributed by atoms with Gasteiger partial charge >= 0.3 is 0 Å². The fraction of sp³-hybridized carbons (Fsp3) is 0.625. The standard InChI is InChI=1S/C16H27NO2/c1-13(18)14(2)19-12-16(3,4)11-17-10-15-8-6-5-7-9-15/h5-9,13-14,17-18H,10-12H2,1-4H3. The highest BCUT2D eigenvalue weighted by atomic mass is 16.5. The lowest BCUT2D eigenvalue weighted by atomic mass is 9.94. The molecule has 0 aliphatic heterocycles. The van der Waals surface area contributed by atoms with E-state index >= 15 is 0 Å². The maximum Gasteiger partial charge on any atom is 0.0803 e. The topological polar surface area (TPSA) is 41.5 Å². The van der Waals surface area contributed by atoms with Gasteiger partial charge in [-0.25, -0.2) is 0 Å². The van der Waals surface area contributed by atoms with Crippen molar-refractivity contribution in [3.63, 3.8) is 0 Å². The Bertz CT molecular complexity index is 349. The molecule has 0 saturated carbocycles. The van der Waals surface area contributed by atoms with E-state index in [1.54, 1.807) is 6.92 Å². The number of benzene rings is 1. The first-order valence-corrected chi connectivity index (χ1v) is 6.95. The smallest absolute Gasteiger partial charge is 0.0803 e. The van der Waals surface area contributed by atoms with Gasteiger partial charge in [0.1, 0.15) is 0 Å². The van der Waals surface area contributed by atoms with Crippen LogP contribution in [0.4, 0.5) is 0 Å². The van der Waals surface area contributed by atoms with Crippen molar-refractivity contribution >= 4 is 0 Å². The molecule has 0 spiro atoms. The van der Waals surface area contributed by atoms with Crippen LogP contribution in [0.3, 0.4) is 0 Å². The van der Waals surface area contributed by atoms with Crippen LogP contribution in [0.15, 0.2) is 30.3 Å². The van der Waals surface area contributed by atoms with Crippen LogP contribution in [0.25, 0.3) is 0 Å². The number of hydrogen-bond donors (Lipinski definition) is 2. The van der Waals surface area contributed by atoms with Gasteiger partial charge in [0.05, 0.1) is 18.8 Å². The molecule has 3 heteroatoms. The lowest BCUT2D eigenvalue weighted by molar-refractivity contribution is -0.0469. The molecule has 1 rings (SSSR count). The average Bonchev–Trinajstić information content (AvgIpc) is 2.37. The summed E-state index contributed by atoms with van der Waals surface area (Å²) in [6, 6.07) is 10.4. The van der Waals surface area contributed by atoms with Crippen molar-refractivity contribution in [2.24, 2.45) is 5.41 Å². The minimum Gasteiger partial charge on any atom is -0.391 e. The van der Waals surface area contributed by atoms with Crippen molar-refractivity contribution in [1.82, 2.24) is 5.32 Å². The second kappa shape index (κ2) is 7.63. The second-order valence-electron chi connectivity index (χ2n) is 6.01. The number of ether oxygens (including phenoxy) is 1. The van der Waals surface area contributed by atoms with E-state index in [-0.39, 0.29) is 11.5 Å². The van der Waals surface area contributed by atoms with E-state index in [9.17, 15) is 5.11 Å². The number of nitrogens with one attached hydrogen (secondary N) is 1. The van der Waals surface area contributed by atoms with Gasteiger partial charge in [0, 0.05) is 18.5 Å². The van der Waals surface area contributed by atoms with Crippen LogP contribution in [0.2, 0.25) is 0 Å². The summed E-state index contributed by atoms with van der Waals surface area (Å²) >= 11 is 0. The molecular formula is C16H27NO2. The minimum absolute atomic E-state index is 0.0535. The fourth-order valence-corrected chi connectivity index (χ4v) is 1.69. The molecule has 0 fully saturated rings. The zero-order valence-electron chi connectivity index (χ0n) is 12.5. The highest BCUT2D eigenvalue weighted by Gasteiger charge is 2.20. The van der Waals surface area contributed by atoms with Gasteiger partial charge in [-0.1, -0.05) is 44.2 Å². The van der Waals surface area contributed by atoms with Crippen LogP contribution in [-0.4, -0.2) is 30.5 Å². The molecular weight excluding hydrogens is 238 g/mol. The summed E-state index contributed by atoms with van der Waals surface area (Å²) in [6.45, 7) is 10.4. The van der Waals surface area contributed by atoms with E-state index in [0.29, 0.717) is 6.61 Å². The van der Waals surface area contributed by atoms with Crippen molar-refractivity contribution in [3.05, 3.63) is 35.9 Å². The summed E-state index contributed by atoms with van der Waals surface area (Å²) < 4.78 is 5.68. The van der Waals surface area contributed by atoms with E-state index < -0.39 is 6.10 Å². The van der Waals surface area contributed by atoms with Gasteiger partial charge in [-0.05, 0) is 19.4 Å². The third kappa shape index (κ3) is 6.71. The van der Waals surface area contributed by atoms with Crippen molar-refractivity contribution in [2.45, 2.75) is 46.4 Å². The maximum absolute atomic E-state index is 9.40. The first-order valence-electron chi connectivity index (χ1n) is 6.95. The number of aliphatic hydroxyl groups is 1. The van der Waals surface area contributed by atoms with Gasteiger partial charge in [0.2, 0.25) is 0 Å². The second-order valence-corrected chi connectivity index (χ2v) is 6.01. The molecule has 108 valence electrons. The molecule has 0 bridgehead atoms. The van der Waals surface area contributed by atoms with Crippen molar-refractivity contribution in [3.8, 4) is 0 Å². The van der Waals surface area contributed by atoms with Crippen molar-refractivity contribution in [1.29, 1.82) is 0 Å². The highest BCUT2D eigenvalue weighted by Crippen LogP contribution is 2.16. The third-order valence-corrected chi connectivity index (χ3v) is 3.19. The Kier molecular flexibility index (Phi) is 6.49. The zero-order valence-corrected chi connectivity index (χ0v) is 12.5. The Hall–Kier alpha value is -0.900. The van der Waals surface area contributed by atoms with Crippen LogP contribution in [0.1, 0.15) is 33.3 Å². The van der Waals surface area contributed by atoms with Gasteiger partial charge in [0.15, 0.2) is 0 Å². The average molecular weight is 265 g/mol. The molecule has 0 heterocycles. The van der Waals surface area contributed by atoms with Crippen LogP contribution in [0.5, 0.6) is 0 Å². The van der Waals surface area contributed by atoms with Gasteiger partial charge in [-0.2, -0.15) is 0 Å². The Labute approximate surface area is 117 Å². The Morgan fingerprint density at radius 1 is 1.21 bits per heavy atom. The van der Waals surface area contributed by atoms with Gasteiger partial charge in [-0.3, -0.25) is 0 Å². The summed E-state index contributed by atoms with van der Waals surface area (Å²) in [4.78, 5) is 0. The van der Waals surface area contributed by atoms with E-state index in [4.69, 9.17) is 4.74 Å². The summed E-state index contributed by atoms with van der Waals surface area (Å²) in [5, 5.41) is 12.9. The van der Waals surface area contributed by atoms with Crippen LogP contribution < -0.4 is 5.32 Å². The van der Waals surface area contributed by atoms with Crippen LogP contribution in [-0.2, 0) is 11.3 Å². The van der Waals surface area contributed by atoms with Crippen LogP contribution in [0, 0.1) is 5.41 Å². The SMILES string of the molecule is CC(O)C(C)OCC(C)(C)CNCc1ccccc1. The normalized spacial score (nSPS) is 15.2. The largest absolute Gasteiger partial charge is 0.391 e. The fourth-order valence-electron chi connectivity index (χ4n) is 1.69. The Morgan fingerprint density at radius 3 is 2.42 bits per heavy atom. The molecule has 2 atom stereocenters. The molecule has 0 aliphatic rings. The Balaban J connectivity index is 2.26. The molecule has 3 nitrogen and oxygen atoms in total. The van der Waals surface area contributed by atoms with Crippen molar-refractivity contribution < 1.29 is 9.84 Å². The highest BCUT2D eigenvalue weighted by molar-refractivity contribution is 5.14. The molecule has 0 aromatic heterocycles. The first-order chi connectivity index (χ1) is 8.91. The predicted molar refractivity (Wildman–Crippen MR) is 79.0 cm³/mol. The van der Waals surface area contributed by atoms with Crippen LogP contribution >= 0.6 is 0 Å². The van der Waals surface area contributed by atoms with Gasteiger partial charge in [0.25, 0.3) is 0 Å². The lowest BCUT2D eigenvalue weighted by Gasteiger charge is -2.27. The van der Waals surface area contributed by atoms with E-state index in [1.165, 1.54) is 5.56 Å². The maximum atomic E-state index is 9.40. The number of aliphatic hydroxyl groups excluding tert-OH is 1. The summed E-state index contributed by atoms with van der Waals surface area (Å²) in [7, 11) is 0. The summed E-state index contributed by atoms with van der Waals surface area (Å²) in [6.07, 6.45) is -0.540. The van der Waals surface area contributed by atoms with Gasteiger partial charge < -0.3 is 15.2 Å².